The first-order chi connectivity index (χ1) is 12.0. The van der Waals surface area contributed by atoms with Crippen LogP contribution in [0.4, 0.5) is 5.69 Å². The van der Waals surface area contributed by atoms with Gasteiger partial charge in [-0.3, -0.25) is 14.3 Å². The number of carbonyl (C=O) groups excluding carboxylic acids is 2. The van der Waals surface area contributed by atoms with Gasteiger partial charge in [0.1, 0.15) is 0 Å². The molecule has 9 heteroatoms. The minimum Gasteiger partial charge on any atom is -0.339 e. The highest BCUT2D eigenvalue weighted by Gasteiger charge is 2.33. The number of nitrogens with one attached hydrogen (secondary N) is 1. The van der Waals surface area contributed by atoms with E-state index >= 15 is 0 Å². The maximum Gasteiger partial charge on any atom is 0.253 e. The molecule has 1 aliphatic rings. The van der Waals surface area contributed by atoms with E-state index in [2.05, 4.69) is 4.72 Å². The van der Waals surface area contributed by atoms with Crippen molar-refractivity contribution in [1.29, 1.82) is 0 Å². The molecule has 1 aromatic rings. The number of piperazine rings is 1. The molecule has 0 saturated carbocycles. The Morgan fingerprint density at radius 2 is 1.58 bits per heavy atom. The summed E-state index contributed by atoms with van der Waals surface area (Å²) in [5.41, 5.74) is 0.267. The zero-order chi connectivity index (χ0) is 19.5. The topological polar surface area (TPSA) is 86.8 Å². The lowest BCUT2D eigenvalue weighted by atomic mass is 9.94. The van der Waals surface area contributed by atoms with Gasteiger partial charge in [-0.2, -0.15) is 0 Å². The van der Waals surface area contributed by atoms with E-state index in [1.165, 1.54) is 0 Å². The van der Waals surface area contributed by atoms with Crippen molar-refractivity contribution in [2.24, 2.45) is 5.41 Å². The standard InChI is InChI=1S/C17H24ClN3O4S/c1-17(2,12-18)16(23)21-10-8-20(9-11-21)15(22)13-4-6-14(7-5-13)19-26(3,24)25/h4-7,19H,8-12H2,1-3H3. The lowest BCUT2D eigenvalue weighted by Gasteiger charge is -2.38. The van der Waals surface area contributed by atoms with Crippen LogP contribution < -0.4 is 4.72 Å². The van der Waals surface area contributed by atoms with Crippen LogP contribution >= 0.6 is 11.6 Å². The summed E-state index contributed by atoms with van der Waals surface area (Å²) < 4.78 is 24.8. The van der Waals surface area contributed by atoms with Crippen molar-refractivity contribution in [2.75, 3.05) is 43.0 Å². The van der Waals surface area contributed by atoms with Gasteiger partial charge in [-0.1, -0.05) is 0 Å². The van der Waals surface area contributed by atoms with Crippen LogP contribution in [0.1, 0.15) is 24.2 Å². The Bertz CT molecular complexity index is 770. The van der Waals surface area contributed by atoms with Gasteiger partial charge < -0.3 is 9.80 Å². The number of halogens is 1. The van der Waals surface area contributed by atoms with Gasteiger partial charge in [0, 0.05) is 43.3 Å². The molecule has 7 nitrogen and oxygen atoms in total. The first-order valence-corrected chi connectivity index (χ1v) is 10.7. The number of rotatable bonds is 5. The Kier molecular flexibility index (Phi) is 6.18. The Balaban J connectivity index is 1.97. The molecule has 144 valence electrons. The molecular formula is C17H24ClN3O4S. The van der Waals surface area contributed by atoms with Crippen molar-refractivity contribution >= 4 is 39.1 Å². The fraction of sp³-hybridized carbons (Fsp3) is 0.529. The fourth-order valence-electron chi connectivity index (χ4n) is 2.68. The van der Waals surface area contributed by atoms with Crippen molar-refractivity contribution in [3.05, 3.63) is 29.8 Å². The minimum absolute atomic E-state index is 0.00389. The molecule has 1 heterocycles. The van der Waals surface area contributed by atoms with E-state index in [-0.39, 0.29) is 17.7 Å². The smallest absolute Gasteiger partial charge is 0.253 e. The highest BCUT2D eigenvalue weighted by molar-refractivity contribution is 7.92. The van der Waals surface area contributed by atoms with Gasteiger partial charge in [0.05, 0.1) is 11.7 Å². The van der Waals surface area contributed by atoms with Gasteiger partial charge in [0.15, 0.2) is 0 Å². The molecule has 0 atom stereocenters. The molecular weight excluding hydrogens is 378 g/mol. The van der Waals surface area contributed by atoms with Crippen LogP contribution in [0.5, 0.6) is 0 Å². The molecule has 0 aliphatic carbocycles. The second-order valence-electron chi connectivity index (χ2n) is 7.05. The van der Waals surface area contributed by atoms with E-state index in [4.69, 9.17) is 11.6 Å². The molecule has 26 heavy (non-hydrogen) atoms. The van der Waals surface area contributed by atoms with Crippen molar-refractivity contribution in [2.45, 2.75) is 13.8 Å². The van der Waals surface area contributed by atoms with Gasteiger partial charge in [-0.15, -0.1) is 11.6 Å². The van der Waals surface area contributed by atoms with Gasteiger partial charge >= 0.3 is 0 Å². The third-order valence-electron chi connectivity index (χ3n) is 4.20. The summed E-state index contributed by atoms with van der Waals surface area (Å²) in [5.74, 6) is 0.106. The summed E-state index contributed by atoms with van der Waals surface area (Å²) in [5, 5.41) is 0. The normalized spacial score (nSPS) is 15.7. The molecule has 0 unspecified atom stereocenters. The summed E-state index contributed by atoms with van der Waals surface area (Å²) in [6.07, 6.45) is 1.07. The predicted molar refractivity (Wildman–Crippen MR) is 102 cm³/mol. The number of alkyl halides is 1. The lowest BCUT2D eigenvalue weighted by molar-refractivity contribution is -0.140. The Morgan fingerprint density at radius 1 is 1.08 bits per heavy atom. The van der Waals surface area contributed by atoms with E-state index in [9.17, 15) is 18.0 Å². The van der Waals surface area contributed by atoms with Crippen LogP contribution in [0.2, 0.25) is 0 Å². The van der Waals surface area contributed by atoms with Crippen LogP contribution in [-0.4, -0.2) is 68.3 Å². The van der Waals surface area contributed by atoms with Crippen molar-refractivity contribution in [3.63, 3.8) is 0 Å². The second kappa shape index (κ2) is 7.84. The molecule has 0 aromatic heterocycles. The minimum atomic E-state index is -3.35. The number of sulfonamides is 1. The average Bonchev–Trinajstić information content (AvgIpc) is 2.60. The summed E-state index contributed by atoms with van der Waals surface area (Å²) in [4.78, 5) is 28.5. The van der Waals surface area contributed by atoms with Crippen LogP contribution in [0, 0.1) is 5.41 Å². The molecule has 2 rings (SSSR count). The number of amides is 2. The van der Waals surface area contributed by atoms with E-state index in [1.807, 2.05) is 13.8 Å². The zero-order valence-electron chi connectivity index (χ0n) is 15.2. The Hall–Kier alpha value is -1.80. The summed E-state index contributed by atoms with van der Waals surface area (Å²) in [6, 6.07) is 6.28. The molecule has 0 spiro atoms. The monoisotopic (exact) mass is 401 g/mol. The van der Waals surface area contributed by atoms with Crippen molar-refractivity contribution < 1.29 is 18.0 Å². The molecule has 0 bridgehead atoms. The van der Waals surface area contributed by atoms with E-state index in [0.717, 1.165) is 6.26 Å². The molecule has 1 aliphatic heterocycles. The number of hydrogen-bond donors (Lipinski definition) is 1. The number of hydrogen-bond acceptors (Lipinski definition) is 4. The number of benzene rings is 1. The third kappa shape index (κ3) is 5.11. The van der Waals surface area contributed by atoms with Crippen molar-refractivity contribution in [3.8, 4) is 0 Å². The second-order valence-corrected chi connectivity index (χ2v) is 9.07. The predicted octanol–water partition coefficient (Wildman–Crippen LogP) is 1.61. The quantitative estimate of drug-likeness (QED) is 0.759. The first-order valence-electron chi connectivity index (χ1n) is 8.26. The van der Waals surface area contributed by atoms with Gasteiger partial charge in [-0.25, -0.2) is 8.42 Å². The third-order valence-corrected chi connectivity index (χ3v) is 5.48. The number of carbonyl (C=O) groups is 2. The van der Waals surface area contributed by atoms with Crippen LogP contribution in [-0.2, 0) is 14.8 Å². The van der Waals surface area contributed by atoms with Crippen LogP contribution in [0.15, 0.2) is 24.3 Å². The highest BCUT2D eigenvalue weighted by Crippen LogP contribution is 2.22. The van der Waals surface area contributed by atoms with Gasteiger partial charge in [0.25, 0.3) is 5.91 Å². The highest BCUT2D eigenvalue weighted by atomic mass is 35.5. The molecule has 1 saturated heterocycles. The SMILES string of the molecule is CC(C)(CCl)C(=O)N1CCN(C(=O)c2ccc(NS(C)(=O)=O)cc2)CC1. The Labute approximate surface area is 159 Å². The Morgan fingerprint density at radius 3 is 2.04 bits per heavy atom. The molecule has 1 aromatic carbocycles. The largest absolute Gasteiger partial charge is 0.339 e. The fourth-order valence-corrected chi connectivity index (χ4v) is 3.35. The van der Waals surface area contributed by atoms with E-state index in [1.54, 1.807) is 34.1 Å². The summed E-state index contributed by atoms with van der Waals surface area (Å²) in [6.45, 7) is 5.47. The van der Waals surface area contributed by atoms with E-state index < -0.39 is 15.4 Å². The molecule has 1 fully saturated rings. The van der Waals surface area contributed by atoms with Crippen molar-refractivity contribution in [1.82, 2.24) is 9.80 Å². The number of anilines is 1. The molecule has 2 amide bonds. The van der Waals surface area contributed by atoms with E-state index in [0.29, 0.717) is 37.4 Å². The average molecular weight is 402 g/mol. The van der Waals surface area contributed by atoms with Crippen LogP contribution in [0.25, 0.3) is 0 Å². The lowest BCUT2D eigenvalue weighted by Crippen LogP contribution is -2.53. The van der Waals surface area contributed by atoms with Crippen LogP contribution in [0.3, 0.4) is 0 Å². The zero-order valence-corrected chi connectivity index (χ0v) is 16.7. The molecule has 1 N–H and O–H groups in total. The van der Waals surface area contributed by atoms with Gasteiger partial charge in [-0.05, 0) is 38.1 Å². The molecule has 0 radical (unpaired) electrons. The maximum absolute atomic E-state index is 12.6. The summed E-state index contributed by atoms with van der Waals surface area (Å²) >= 11 is 5.86. The number of nitrogens with zero attached hydrogens (tertiary/aromatic N) is 2. The van der Waals surface area contributed by atoms with Gasteiger partial charge in [0.2, 0.25) is 15.9 Å². The first kappa shape index (κ1) is 20.5. The summed E-state index contributed by atoms with van der Waals surface area (Å²) in [7, 11) is -3.35. The maximum atomic E-state index is 12.6.